The number of nitrogen functional groups attached to an aromatic ring is 1. The molecule has 2 nitrogen and oxygen atoms in total. The summed E-state index contributed by atoms with van der Waals surface area (Å²) in [6.45, 7) is 5.02. The molecule has 0 saturated heterocycles. The predicted molar refractivity (Wildman–Crippen MR) is 84.0 cm³/mol. The SMILES string of the molecule is Cc1cccc(CCNc2cc(Cl)c(N)cc2C)c1. The summed E-state index contributed by atoms with van der Waals surface area (Å²) in [5.74, 6) is 0. The molecule has 0 fully saturated rings. The highest BCUT2D eigenvalue weighted by Crippen LogP contribution is 2.26. The Morgan fingerprint density at radius 3 is 2.68 bits per heavy atom. The summed E-state index contributed by atoms with van der Waals surface area (Å²) < 4.78 is 0. The van der Waals surface area contributed by atoms with Gasteiger partial charge >= 0.3 is 0 Å². The van der Waals surface area contributed by atoms with Crippen LogP contribution in [0.4, 0.5) is 11.4 Å². The monoisotopic (exact) mass is 274 g/mol. The summed E-state index contributed by atoms with van der Waals surface area (Å²) in [6, 6.07) is 12.4. The van der Waals surface area contributed by atoms with Crippen molar-refractivity contribution < 1.29 is 0 Å². The first-order valence-electron chi connectivity index (χ1n) is 6.41. The summed E-state index contributed by atoms with van der Waals surface area (Å²) in [5, 5.41) is 4.01. The zero-order chi connectivity index (χ0) is 13.8. The van der Waals surface area contributed by atoms with Crippen LogP contribution in [0.15, 0.2) is 36.4 Å². The molecular formula is C16H19ClN2. The summed E-state index contributed by atoms with van der Waals surface area (Å²) in [6.07, 6.45) is 0.989. The van der Waals surface area contributed by atoms with Gasteiger partial charge in [-0.25, -0.2) is 0 Å². The second-order valence-electron chi connectivity index (χ2n) is 4.85. The molecule has 0 saturated carbocycles. The van der Waals surface area contributed by atoms with Crippen LogP contribution in [0.25, 0.3) is 0 Å². The topological polar surface area (TPSA) is 38.0 Å². The van der Waals surface area contributed by atoms with Gasteiger partial charge in [0.1, 0.15) is 0 Å². The van der Waals surface area contributed by atoms with Crippen molar-refractivity contribution in [3.63, 3.8) is 0 Å². The molecule has 2 aromatic rings. The highest BCUT2D eigenvalue weighted by molar-refractivity contribution is 6.33. The largest absolute Gasteiger partial charge is 0.398 e. The Kier molecular flexibility index (Phi) is 4.33. The lowest BCUT2D eigenvalue weighted by Crippen LogP contribution is -2.06. The molecule has 3 N–H and O–H groups in total. The number of benzene rings is 2. The quantitative estimate of drug-likeness (QED) is 0.821. The second kappa shape index (κ2) is 5.98. The van der Waals surface area contributed by atoms with Crippen molar-refractivity contribution in [3.05, 3.63) is 58.1 Å². The molecule has 19 heavy (non-hydrogen) atoms. The summed E-state index contributed by atoms with van der Waals surface area (Å²) in [4.78, 5) is 0. The Labute approximate surface area is 119 Å². The van der Waals surface area contributed by atoms with Crippen LogP contribution >= 0.6 is 11.6 Å². The van der Waals surface area contributed by atoms with E-state index in [1.54, 1.807) is 0 Å². The highest BCUT2D eigenvalue weighted by atomic mass is 35.5. The zero-order valence-electron chi connectivity index (χ0n) is 11.3. The van der Waals surface area contributed by atoms with Gasteiger partial charge in [-0.3, -0.25) is 0 Å². The number of aryl methyl sites for hydroxylation is 2. The number of rotatable bonds is 4. The molecular weight excluding hydrogens is 256 g/mol. The Hall–Kier alpha value is -1.67. The van der Waals surface area contributed by atoms with Crippen LogP contribution < -0.4 is 11.1 Å². The lowest BCUT2D eigenvalue weighted by Gasteiger charge is -2.11. The van der Waals surface area contributed by atoms with E-state index in [-0.39, 0.29) is 0 Å². The Bertz CT molecular complexity index is 579. The van der Waals surface area contributed by atoms with Crippen LogP contribution in [0.3, 0.4) is 0 Å². The number of halogens is 1. The van der Waals surface area contributed by atoms with Gasteiger partial charge in [0.25, 0.3) is 0 Å². The van der Waals surface area contributed by atoms with Crippen LogP contribution in [0, 0.1) is 13.8 Å². The minimum absolute atomic E-state index is 0.601. The predicted octanol–water partition coefficient (Wildman–Crippen LogP) is 4.19. The van der Waals surface area contributed by atoms with Gasteiger partial charge in [0.15, 0.2) is 0 Å². The van der Waals surface area contributed by atoms with E-state index in [0.29, 0.717) is 10.7 Å². The van der Waals surface area contributed by atoms with Gasteiger partial charge in [0.2, 0.25) is 0 Å². The number of anilines is 2. The van der Waals surface area contributed by atoms with Crippen molar-refractivity contribution in [2.75, 3.05) is 17.6 Å². The summed E-state index contributed by atoms with van der Waals surface area (Å²) >= 11 is 6.04. The fourth-order valence-electron chi connectivity index (χ4n) is 2.10. The van der Waals surface area contributed by atoms with Crippen LogP contribution in [0.2, 0.25) is 5.02 Å². The van der Waals surface area contributed by atoms with Gasteiger partial charge in [-0.2, -0.15) is 0 Å². The van der Waals surface area contributed by atoms with Crippen molar-refractivity contribution in [1.29, 1.82) is 0 Å². The number of hydrogen-bond acceptors (Lipinski definition) is 2. The third kappa shape index (κ3) is 3.65. The number of nitrogens with two attached hydrogens (primary N) is 1. The molecule has 0 heterocycles. The molecule has 0 bridgehead atoms. The van der Waals surface area contributed by atoms with E-state index in [9.17, 15) is 0 Å². The van der Waals surface area contributed by atoms with E-state index in [2.05, 4.69) is 36.5 Å². The van der Waals surface area contributed by atoms with Gasteiger partial charge in [0, 0.05) is 12.2 Å². The van der Waals surface area contributed by atoms with Crippen molar-refractivity contribution in [3.8, 4) is 0 Å². The lowest BCUT2D eigenvalue weighted by atomic mass is 10.1. The number of nitrogens with one attached hydrogen (secondary N) is 1. The summed E-state index contributed by atoms with van der Waals surface area (Å²) in [7, 11) is 0. The van der Waals surface area contributed by atoms with Crippen LogP contribution in [0.1, 0.15) is 16.7 Å². The van der Waals surface area contributed by atoms with Crippen molar-refractivity contribution in [2.45, 2.75) is 20.3 Å². The molecule has 0 amide bonds. The third-order valence-corrected chi connectivity index (χ3v) is 3.48. The standard InChI is InChI=1S/C16H19ClN2/c1-11-4-3-5-13(8-11)6-7-19-16-10-14(17)15(18)9-12(16)2/h3-5,8-10,19H,6-7,18H2,1-2H3. The Morgan fingerprint density at radius 1 is 1.16 bits per heavy atom. The fourth-order valence-corrected chi connectivity index (χ4v) is 2.27. The fraction of sp³-hybridized carbons (Fsp3) is 0.250. The average molecular weight is 275 g/mol. The van der Waals surface area contributed by atoms with E-state index < -0.39 is 0 Å². The van der Waals surface area contributed by atoms with Gasteiger partial charge in [-0.05, 0) is 43.5 Å². The van der Waals surface area contributed by atoms with E-state index in [1.165, 1.54) is 11.1 Å². The molecule has 2 rings (SSSR count). The molecule has 100 valence electrons. The minimum atomic E-state index is 0.601. The van der Waals surface area contributed by atoms with Gasteiger partial charge < -0.3 is 11.1 Å². The highest BCUT2D eigenvalue weighted by Gasteiger charge is 2.03. The van der Waals surface area contributed by atoms with Crippen molar-refractivity contribution in [1.82, 2.24) is 0 Å². The molecule has 0 radical (unpaired) electrons. The molecule has 0 spiro atoms. The van der Waals surface area contributed by atoms with Gasteiger partial charge in [0.05, 0.1) is 10.7 Å². The van der Waals surface area contributed by atoms with E-state index in [1.807, 2.05) is 19.1 Å². The molecule has 0 aliphatic heterocycles. The maximum atomic E-state index is 6.04. The molecule has 0 aromatic heterocycles. The van der Waals surface area contributed by atoms with Crippen molar-refractivity contribution in [2.24, 2.45) is 0 Å². The normalized spacial score (nSPS) is 10.5. The Morgan fingerprint density at radius 2 is 1.95 bits per heavy atom. The van der Waals surface area contributed by atoms with Crippen molar-refractivity contribution >= 4 is 23.0 Å². The molecule has 3 heteroatoms. The zero-order valence-corrected chi connectivity index (χ0v) is 12.1. The third-order valence-electron chi connectivity index (χ3n) is 3.16. The van der Waals surface area contributed by atoms with E-state index >= 15 is 0 Å². The first-order chi connectivity index (χ1) is 9.06. The number of hydrogen-bond donors (Lipinski definition) is 2. The molecule has 2 aromatic carbocycles. The lowest BCUT2D eigenvalue weighted by molar-refractivity contribution is 1.01. The van der Waals surface area contributed by atoms with E-state index in [4.69, 9.17) is 17.3 Å². The van der Waals surface area contributed by atoms with Gasteiger partial charge in [-0.1, -0.05) is 41.4 Å². The second-order valence-corrected chi connectivity index (χ2v) is 5.26. The first kappa shape index (κ1) is 13.8. The first-order valence-corrected chi connectivity index (χ1v) is 6.79. The average Bonchev–Trinajstić information content (AvgIpc) is 2.35. The smallest absolute Gasteiger partial charge is 0.0656 e. The molecule has 0 aliphatic rings. The molecule has 0 atom stereocenters. The molecule has 0 aliphatic carbocycles. The van der Waals surface area contributed by atoms with E-state index in [0.717, 1.165) is 24.2 Å². The molecule has 0 unspecified atom stereocenters. The van der Waals surface area contributed by atoms with Gasteiger partial charge in [-0.15, -0.1) is 0 Å². The van der Waals surface area contributed by atoms with Crippen LogP contribution in [-0.2, 0) is 6.42 Å². The maximum absolute atomic E-state index is 6.04. The Balaban J connectivity index is 1.98. The maximum Gasteiger partial charge on any atom is 0.0656 e. The van der Waals surface area contributed by atoms with Crippen LogP contribution in [0.5, 0.6) is 0 Å². The van der Waals surface area contributed by atoms with Crippen LogP contribution in [-0.4, -0.2) is 6.54 Å². The minimum Gasteiger partial charge on any atom is -0.398 e. The summed E-state index contributed by atoms with van der Waals surface area (Å²) in [5.41, 5.74) is 11.2.